The van der Waals surface area contributed by atoms with E-state index in [0.717, 1.165) is 12.3 Å². The van der Waals surface area contributed by atoms with Gasteiger partial charge >= 0.3 is 0 Å². The van der Waals surface area contributed by atoms with Crippen LogP contribution in [0.25, 0.3) is 0 Å². The molecule has 1 aromatic carbocycles. The third-order valence-corrected chi connectivity index (χ3v) is 3.87. The van der Waals surface area contributed by atoms with Crippen molar-refractivity contribution in [3.05, 3.63) is 47.9 Å². The van der Waals surface area contributed by atoms with Crippen molar-refractivity contribution in [1.29, 1.82) is 0 Å². The van der Waals surface area contributed by atoms with E-state index in [-0.39, 0.29) is 10.7 Å². The average Bonchev–Trinajstić information content (AvgIpc) is 2.35. The summed E-state index contributed by atoms with van der Waals surface area (Å²) < 4.78 is 39.1. The molecule has 0 aliphatic heterocycles. The van der Waals surface area contributed by atoms with Crippen molar-refractivity contribution in [3.63, 3.8) is 0 Å². The number of nitrogen functional groups attached to an aromatic ring is 1. The van der Waals surface area contributed by atoms with E-state index >= 15 is 0 Å². The number of anilines is 2. The molecular formula is C12H12FN3O2S. The second kappa shape index (κ2) is 4.85. The van der Waals surface area contributed by atoms with Gasteiger partial charge in [-0.2, -0.15) is 0 Å². The molecule has 7 heteroatoms. The Balaban J connectivity index is 2.32. The summed E-state index contributed by atoms with van der Waals surface area (Å²) in [6.07, 6.45) is 0.937. The molecule has 5 nitrogen and oxygen atoms in total. The largest absolute Gasteiger partial charge is 0.399 e. The molecule has 3 N–H and O–H groups in total. The summed E-state index contributed by atoms with van der Waals surface area (Å²) in [6, 6.07) is 6.74. The number of nitrogens with zero attached hydrogens (tertiary/aromatic N) is 1. The van der Waals surface area contributed by atoms with Crippen molar-refractivity contribution in [2.75, 3.05) is 10.5 Å². The Hall–Kier alpha value is -2.15. The molecule has 0 saturated heterocycles. The number of nitrogens with two attached hydrogens (primary N) is 1. The Kier molecular flexibility index (Phi) is 3.39. The van der Waals surface area contributed by atoms with Gasteiger partial charge in [-0.3, -0.25) is 4.72 Å². The zero-order chi connectivity index (χ0) is 14.0. The van der Waals surface area contributed by atoms with Crippen molar-refractivity contribution in [3.8, 4) is 0 Å². The highest BCUT2D eigenvalue weighted by atomic mass is 32.2. The number of hydrogen-bond donors (Lipinski definition) is 2. The molecule has 100 valence electrons. The van der Waals surface area contributed by atoms with Gasteiger partial charge in [0.25, 0.3) is 10.0 Å². The predicted molar refractivity (Wildman–Crippen MR) is 70.6 cm³/mol. The number of hydrogen-bond acceptors (Lipinski definition) is 4. The average molecular weight is 281 g/mol. The fourth-order valence-electron chi connectivity index (χ4n) is 1.45. The quantitative estimate of drug-likeness (QED) is 0.842. The molecule has 1 heterocycles. The molecule has 0 unspecified atom stereocenters. The Morgan fingerprint density at radius 3 is 2.58 bits per heavy atom. The first-order chi connectivity index (χ1) is 8.88. The van der Waals surface area contributed by atoms with Gasteiger partial charge in [0, 0.05) is 5.69 Å². The first-order valence-electron chi connectivity index (χ1n) is 5.39. The highest BCUT2D eigenvalue weighted by Gasteiger charge is 2.15. The molecule has 0 radical (unpaired) electrons. The van der Waals surface area contributed by atoms with Crippen LogP contribution < -0.4 is 10.5 Å². The molecule has 2 aromatic rings. The number of sulfonamides is 1. The second-order valence-electron chi connectivity index (χ2n) is 3.99. The van der Waals surface area contributed by atoms with E-state index in [4.69, 9.17) is 5.73 Å². The molecule has 0 aliphatic rings. The van der Waals surface area contributed by atoms with E-state index in [1.165, 1.54) is 24.3 Å². The minimum atomic E-state index is -3.76. The van der Waals surface area contributed by atoms with Crippen LogP contribution in [0.5, 0.6) is 0 Å². The van der Waals surface area contributed by atoms with Crippen molar-refractivity contribution in [2.45, 2.75) is 11.8 Å². The van der Waals surface area contributed by atoms with Crippen LogP contribution in [0.3, 0.4) is 0 Å². The highest BCUT2D eigenvalue weighted by molar-refractivity contribution is 7.92. The maximum Gasteiger partial charge on any atom is 0.263 e. The molecule has 0 aliphatic carbocycles. The third-order valence-electron chi connectivity index (χ3n) is 2.52. The molecule has 2 rings (SSSR count). The zero-order valence-electron chi connectivity index (χ0n) is 10.1. The van der Waals surface area contributed by atoms with Gasteiger partial charge < -0.3 is 5.73 Å². The fraction of sp³-hybridized carbons (Fsp3) is 0.0833. The van der Waals surface area contributed by atoms with Gasteiger partial charge in [-0.05, 0) is 42.8 Å². The first kappa shape index (κ1) is 13.3. The molecule has 0 bridgehead atoms. The lowest BCUT2D eigenvalue weighted by atomic mass is 10.2. The number of rotatable bonds is 3. The normalized spacial score (nSPS) is 11.3. The molecule has 0 saturated carbocycles. The molecule has 0 fully saturated rings. The van der Waals surface area contributed by atoms with Gasteiger partial charge in [-0.15, -0.1) is 0 Å². The highest BCUT2D eigenvalue weighted by Crippen LogP contribution is 2.19. The summed E-state index contributed by atoms with van der Waals surface area (Å²) in [7, 11) is -3.76. The smallest absolute Gasteiger partial charge is 0.263 e. The van der Waals surface area contributed by atoms with Gasteiger partial charge in [0.05, 0.1) is 11.1 Å². The molecule has 0 atom stereocenters. The van der Waals surface area contributed by atoms with Gasteiger partial charge in [0.2, 0.25) is 0 Å². The standard InChI is InChI=1S/C12H12FN3O2S/c1-8-6-10(3-4-11(8)14)19(17,18)16-12-5-2-9(13)7-15-12/h2-7H,14H2,1H3,(H,15,16). The summed E-state index contributed by atoms with van der Waals surface area (Å²) in [6.45, 7) is 1.71. The summed E-state index contributed by atoms with van der Waals surface area (Å²) in [5.74, 6) is -0.484. The van der Waals surface area contributed by atoms with E-state index in [2.05, 4.69) is 9.71 Å². The number of aryl methyl sites for hydroxylation is 1. The van der Waals surface area contributed by atoms with Gasteiger partial charge in [-0.25, -0.2) is 17.8 Å². The van der Waals surface area contributed by atoms with Crippen LogP contribution in [0.1, 0.15) is 5.56 Å². The lowest BCUT2D eigenvalue weighted by molar-refractivity contribution is 0.600. The summed E-state index contributed by atoms with van der Waals surface area (Å²) in [5, 5.41) is 0. The maximum atomic E-state index is 12.7. The van der Waals surface area contributed by atoms with E-state index in [1.807, 2.05) is 0 Å². The predicted octanol–water partition coefficient (Wildman–Crippen LogP) is 1.91. The summed E-state index contributed by atoms with van der Waals surface area (Å²) >= 11 is 0. The number of nitrogens with one attached hydrogen (secondary N) is 1. The topological polar surface area (TPSA) is 85.1 Å². The molecule has 19 heavy (non-hydrogen) atoms. The third kappa shape index (κ3) is 3.00. The number of pyridine rings is 1. The van der Waals surface area contributed by atoms with Crippen LogP contribution in [-0.2, 0) is 10.0 Å². The van der Waals surface area contributed by atoms with E-state index < -0.39 is 15.8 Å². The van der Waals surface area contributed by atoms with Crippen LogP contribution in [0.15, 0.2) is 41.4 Å². The van der Waals surface area contributed by atoms with Crippen molar-refractivity contribution in [2.24, 2.45) is 0 Å². The second-order valence-corrected chi connectivity index (χ2v) is 5.67. The number of halogens is 1. The Morgan fingerprint density at radius 2 is 2.00 bits per heavy atom. The van der Waals surface area contributed by atoms with Crippen molar-refractivity contribution >= 4 is 21.5 Å². The van der Waals surface area contributed by atoms with Gasteiger partial charge in [-0.1, -0.05) is 0 Å². The number of aromatic nitrogens is 1. The Labute approximate surface area is 110 Å². The van der Waals surface area contributed by atoms with Crippen LogP contribution in [0.2, 0.25) is 0 Å². The molecule has 1 aromatic heterocycles. The van der Waals surface area contributed by atoms with Crippen LogP contribution in [0, 0.1) is 12.7 Å². The van der Waals surface area contributed by atoms with E-state index in [1.54, 1.807) is 6.92 Å². The maximum absolute atomic E-state index is 12.7. The van der Waals surface area contributed by atoms with Gasteiger partial charge in [0.15, 0.2) is 0 Å². The minimum Gasteiger partial charge on any atom is -0.399 e. The van der Waals surface area contributed by atoms with Gasteiger partial charge in [0.1, 0.15) is 11.6 Å². The van der Waals surface area contributed by atoms with E-state index in [0.29, 0.717) is 11.3 Å². The van der Waals surface area contributed by atoms with Crippen LogP contribution in [0.4, 0.5) is 15.9 Å². The molecule has 0 spiro atoms. The van der Waals surface area contributed by atoms with Crippen molar-refractivity contribution < 1.29 is 12.8 Å². The minimum absolute atomic E-state index is 0.0517. The van der Waals surface area contributed by atoms with Crippen molar-refractivity contribution in [1.82, 2.24) is 4.98 Å². The summed E-state index contributed by atoms with van der Waals surface area (Å²) in [4.78, 5) is 3.71. The SMILES string of the molecule is Cc1cc(S(=O)(=O)Nc2ccc(F)cn2)ccc1N. The summed E-state index contributed by atoms with van der Waals surface area (Å²) in [5.41, 5.74) is 6.81. The Morgan fingerprint density at radius 1 is 1.26 bits per heavy atom. The zero-order valence-corrected chi connectivity index (χ0v) is 10.9. The monoisotopic (exact) mass is 281 g/mol. The Bertz CT molecular complexity index is 699. The van der Waals surface area contributed by atoms with E-state index in [9.17, 15) is 12.8 Å². The van der Waals surface area contributed by atoms with Crippen LogP contribution >= 0.6 is 0 Å². The first-order valence-corrected chi connectivity index (χ1v) is 6.87. The lowest BCUT2D eigenvalue weighted by Gasteiger charge is -2.08. The molecular weight excluding hydrogens is 269 g/mol. The molecule has 0 amide bonds. The lowest BCUT2D eigenvalue weighted by Crippen LogP contribution is -2.14. The number of benzene rings is 1. The fourth-order valence-corrected chi connectivity index (χ4v) is 2.54. The van der Waals surface area contributed by atoms with Crippen LogP contribution in [-0.4, -0.2) is 13.4 Å².